The molecule has 98 valence electrons. The summed E-state index contributed by atoms with van der Waals surface area (Å²) in [5.74, 6) is 0. The Hall–Kier alpha value is -1.89. The molecule has 7 heteroatoms. The number of aliphatic hydroxyl groups excluding tert-OH is 1. The van der Waals surface area contributed by atoms with Crippen molar-refractivity contribution in [1.82, 2.24) is 19.1 Å². The standard InChI is InChI=1S/C11H16N4O3/c1-2-14-9-8(12-7-13-9)10(17)15(11(14)18)5-3-4-6-16/h7,16H,2-6H2,1H3,(H,12,13). The number of nitrogens with one attached hydrogen (secondary N) is 1. The largest absolute Gasteiger partial charge is 0.396 e. The molecule has 7 nitrogen and oxygen atoms in total. The molecule has 0 saturated heterocycles. The van der Waals surface area contributed by atoms with Gasteiger partial charge in [0.2, 0.25) is 0 Å². The van der Waals surface area contributed by atoms with E-state index >= 15 is 0 Å². The number of unbranched alkanes of at least 4 members (excludes halogenated alkanes) is 1. The quantitative estimate of drug-likeness (QED) is 0.713. The van der Waals surface area contributed by atoms with Crippen LogP contribution in [0.3, 0.4) is 0 Å². The van der Waals surface area contributed by atoms with Crippen molar-refractivity contribution in [2.45, 2.75) is 32.9 Å². The molecule has 2 rings (SSSR count). The molecule has 0 aromatic carbocycles. The molecule has 0 radical (unpaired) electrons. The molecule has 0 spiro atoms. The number of rotatable bonds is 5. The zero-order valence-electron chi connectivity index (χ0n) is 10.2. The second-order valence-electron chi connectivity index (χ2n) is 4.02. The average molecular weight is 252 g/mol. The van der Waals surface area contributed by atoms with E-state index in [2.05, 4.69) is 9.97 Å². The molecule has 0 saturated carbocycles. The van der Waals surface area contributed by atoms with Gasteiger partial charge in [0.1, 0.15) is 5.52 Å². The topological polar surface area (TPSA) is 92.9 Å². The van der Waals surface area contributed by atoms with Gasteiger partial charge in [0.05, 0.1) is 6.33 Å². The lowest BCUT2D eigenvalue weighted by Gasteiger charge is -2.08. The highest BCUT2D eigenvalue weighted by atomic mass is 16.3. The normalized spacial score (nSPS) is 11.2. The van der Waals surface area contributed by atoms with Gasteiger partial charge in [0.25, 0.3) is 5.56 Å². The third-order valence-corrected chi connectivity index (χ3v) is 2.90. The zero-order valence-corrected chi connectivity index (χ0v) is 10.2. The number of aromatic nitrogens is 4. The summed E-state index contributed by atoms with van der Waals surface area (Å²) in [4.78, 5) is 31.0. The molecule has 0 unspecified atom stereocenters. The average Bonchev–Trinajstić information content (AvgIpc) is 2.83. The van der Waals surface area contributed by atoms with Crippen LogP contribution in [0, 0.1) is 0 Å². The molecule has 18 heavy (non-hydrogen) atoms. The van der Waals surface area contributed by atoms with Crippen molar-refractivity contribution in [3.63, 3.8) is 0 Å². The van der Waals surface area contributed by atoms with Crippen molar-refractivity contribution in [3.05, 3.63) is 27.2 Å². The van der Waals surface area contributed by atoms with Gasteiger partial charge in [0.15, 0.2) is 5.65 Å². The molecule has 2 aromatic heterocycles. The number of nitrogens with zero attached hydrogens (tertiary/aromatic N) is 3. The fraction of sp³-hybridized carbons (Fsp3) is 0.545. The van der Waals surface area contributed by atoms with Crippen LogP contribution in [-0.2, 0) is 13.1 Å². The van der Waals surface area contributed by atoms with Gasteiger partial charge >= 0.3 is 5.69 Å². The first-order chi connectivity index (χ1) is 8.70. The van der Waals surface area contributed by atoms with E-state index in [0.29, 0.717) is 37.1 Å². The van der Waals surface area contributed by atoms with Crippen molar-refractivity contribution in [2.75, 3.05) is 6.61 Å². The predicted octanol–water partition coefficient (Wildman–Crippen LogP) is -0.321. The van der Waals surface area contributed by atoms with E-state index in [1.54, 1.807) is 0 Å². The lowest BCUT2D eigenvalue weighted by atomic mass is 10.3. The Kier molecular flexibility index (Phi) is 3.61. The summed E-state index contributed by atoms with van der Waals surface area (Å²) in [6.07, 6.45) is 2.57. The van der Waals surface area contributed by atoms with E-state index in [-0.39, 0.29) is 17.9 Å². The van der Waals surface area contributed by atoms with Crippen LogP contribution >= 0.6 is 0 Å². The first-order valence-corrected chi connectivity index (χ1v) is 5.98. The number of hydrogen-bond donors (Lipinski definition) is 2. The minimum absolute atomic E-state index is 0.0586. The Morgan fingerprint density at radius 2 is 2.11 bits per heavy atom. The van der Waals surface area contributed by atoms with E-state index in [1.165, 1.54) is 15.5 Å². The van der Waals surface area contributed by atoms with Crippen LogP contribution in [0.15, 0.2) is 15.9 Å². The second-order valence-corrected chi connectivity index (χ2v) is 4.02. The van der Waals surface area contributed by atoms with Gasteiger partial charge in [0, 0.05) is 19.7 Å². The van der Waals surface area contributed by atoms with E-state index in [9.17, 15) is 9.59 Å². The summed E-state index contributed by atoms with van der Waals surface area (Å²) in [5, 5.41) is 8.74. The number of aliphatic hydroxyl groups is 1. The maximum absolute atomic E-state index is 12.1. The number of imidazole rings is 1. The van der Waals surface area contributed by atoms with Crippen LogP contribution in [0.5, 0.6) is 0 Å². The van der Waals surface area contributed by atoms with Gasteiger partial charge < -0.3 is 10.1 Å². The van der Waals surface area contributed by atoms with Gasteiger partial charge in [-0.25, -0.2) is 9.78 Å². The molecule has 0 aliphatic heterocycles. The third kappa shape index (κ3) is 1.97. The number of fused-ring (bicyclic) bond motifs is 1. The summed E-state index contributed by atoms with van der Waals surface area (Å²) in [6, 6.07) is 0. The van der Waals surface area contributed by atoms with Crippen LogP contribution in [0.1, 0.15) is 19.8 Å². The summed E-state index contributed by atoms with van der Waals surface area (Å²) in [5.41, 5.74) is 0.0431. The van der Waals surface area contributed by atoms with Gasteiger partial charge in [-0.05, 0) is 19.8 Å². The van der Waals surface area contributed by atoms with Crippen molar-refractivity contribution in [1.29, 1.82) is 0 Å². The molecule has 0 fully saturated rings. The molecule has 0 bridgehead atoms. The summed E-state index contributed by atoms with van der Waals surface area (Å²) < 4.78 is 2.66. The monoisotopic (exact) mass is 252 g/mol. The first kappa shape index (κ1) is 12.6. The SMILES string of the molecule is CCn1c(=O)n(CCCCO)c(=O)c2[nH]cnc21. The number of aryl methyl sites for hydroxylation is 1. The Morgan fingerprint density at radius 3 is 2.78 bits per heavy atom. The molecule has 0 aliphatic carbocycles. The minimum Gasteiger partial charge on any atom is -0.396 e. The zero-order chi connectivity index (χ0) is 13.1. The van der Waals surface area contributed by atoms with E-state index in [4.69, 9.17) is 5.11 Å². The van der Waals surface area contributed by atoms with Crippen molar-refractivity contribution in [3.8, 4) is 0 Å². The Labute approximate surface area is 103 Å². The summed E-state index contributed by atoms with van der Waals surface area (Å²) in [6.45, 7) is 2.66. The summed E-state index contributed by atoms with van der Waals surface area (Å²) in [7, 11) is 0. The van der Waals surface area contributed by atoms with Crippen molar-refractivity contribution >= 4 is 11.2 Å². The Morgan fingerprint density at radius 1 is 1.33 bits per heavy atom. The van der Waals surface area contributed by atoms with E-state index in [0.717, 1.165) is 0 Å². The fourth-order valence-corrected chi connectivity index (χ4v) is 1.97. The Bertz CT molecular complexity index is 652. The Balaban J connectivity index is 2.58. The molecule has 2 N–H and O–H groups in total. The molecule has 2 aromatic rings. The smallest absolute Gasteiger partial charge is 0.332 e. The van der Waals surface area contributed by atoms with E-state index < -0.39 is 0 Å². The van der Waals surface area contributed by atoms with Crippen molar-refractivity contribution < 1.29 is 5.11 Å². The summed E-state index contributed by atoms with van der Waals surface area (Å²) >= 11 is 0. The maximum Gasteiger partial charge on any atom is 0.332 e. The van der Waals surface area contributed by atoms with Gasteiger partial charge in [-0.3, -0.25) is 13.9 Å². The van der Waals surface area contributed by atoms with Crippen molar-refractivity contribution in [2.24, 2.45) is 0 Å². The molecular weight excluding hydrogens is 236 g/mol. The van der Waals surface area contributed by atoms with Crippen LogP contribution < -0.4 is 11.2 Å². The molecule has 0 aliphatic rings. The third-order valence-electron chi connectivity index (χ3n) is 2.90. The second kappa shape index (κ2) is 5.18. The van der Waals surface area contributed by atoms with Crippen LogP contribution in [-0.4, -0.2) is 30.8 Å². The lowest BCUT2D eigenvalue weighted by Crippen LogP contribution is -2.40. The van der Waals surface area contributed by atoms with Crippen LogP contribution in [0.2, 0.25) is 0 Å². The first-order valence-electron chi connectivity index (χ1n) is 5.98. The van der Waals surface area contributed by atoms with Gasteiger partial charge in [-0.1, -0.05) is 0 Å². The highest BCUT2D eigenvalue weighted by Crippen LogP contribution is 2.01. The predicted molar refractivity (Wildman–Crippen MR) is 66.6 cm³/mol. The highest BCUT2D eigenvalue weighted by Gasteiger charge is 2.13. The molecule has 0 atom stereocenters. The number of H-pyrrole nitrogens is 1. The molecule has 2 heterocycles. The van der Waals surface area contributed by atoms with Gasteiger partial charge in [-0.15, -0.1) is 0 Å². The number of hydrogen-bond acceptors (Lipinski definition) is 4. The van der Waals surface area contributed by atoms with E-state index in [1.807, 2.05) is 6.92 Å². The van der Waals surface area contributed by atoms with Gasteiger partial charge in [-0.2, -0.15) is 0 Å². The molecule has 0 amide bonds. The maximum atomic E-state index is 12.1. The molecular formula is C11H16N4O3. The van der Waals surface area contributed by atoms with Crippen LogP contribution in [0.25, 0.3) is 11.2 Å². The number of aromatic amines is 1. The lowest BCUT2D eigenvalue weighted by molar-refractivity contribution is 0.280. The highest BCUT2D eigenvalue weighted by molar-refractivity contribution is 5.68. The van der Waals surface area contributed by atoms with Crippen LogP contribution in [0.4, 0.5) is 0 Å². The fourth-order valence-electron chi connectivity index (χ4n) is 1.97. The minimum atomic E-state index is -0.352.